The smallest absolute Gasteiger partial charge is 0.256 e. The number of ether oxygens (including phenoxy) is 1. The van der Waals surface area contributed by atoms with Crippen molar-refractivity contribution in [1.82, 2.24) is 0 Å². The van der Waals surface area contributed by atoms with E-state index in [0.29, 0.717) is 12.2 Å². The van der Waals surface area contributed by atoms with Gasteiger partial charge in [-0.1, -0.05) is 52.3 Å². The standard InChI is InChI=1S/C21H16BrNO2/c1-2-25-20-10-7-13-5-3-4-6-15(13)17(20)12-18-16-9-8-14(22)11-19(16)23-21(18)24/h3-12H,2H2,1H3,(H,23,24)/b18-12+. The van der Waals surface area contributed by atoms with E-state index in [1.165, 1.54) is 0 Å². The fraction of sp³-hybridized carbons (Fsp3) is 0.0952. The monoisotopic (exact) mass is 393 g/mol. The summed E-state index contributed by atoms with van der Waals surface area (Å²) in [6.45, 7) is 2.53. The lowest BCUT2D eigenvalue weighted by molar-refractivity contribution is -0.110. The second-order valence-electron chi connectivity index (χ2n) is 5.83. The van der Waals surface area contributed by atoms with Crippen molar-refractivity contribution in [3.05, 3.63) is 70.2 Å². The molecule has 3 aromatic rings. The summed E-state index contributed by atoms with van der Waals surface area (Å²) in [5, 5.41) is 5.12. The van der Waals surface area contributed by atoms with Crippen molar-refractivity contribution in [1.29, 1.82) is 0 Å². The highest BCUT2D eigenvalue weighted by molar-refractivity contribution is 9.10. The van der Waals surface area contributed by atoms with Crippen LogP contribution < -0.4 is 10.1 Å². The van der Waals surface area contributed by atoms with E-state index in [1.54, 1.807) is 0 Å². The Balaban J connectivity index is 1.95. The van der Waals surface area contributed by atoms with Crippen LogP contribution in [0, 0.1) is 0 Å². The number of anilines is 1. The van der Waals surface area contributed by atoms with Crippen molar-refractivity contribution < 1.29 is 9.53 Å². The predicted octanol–water partition coefficient (Wildman–Crippen LogP) is 5.49. The summed E-state index contributed by atoms with van der Waals surface area (Å²) in [6.07, 6.45) is 1.93. The summed E-state index contributed by atoms with van der Waals surface area (Å²) in [4.78, 5) is 12.5. The van der Waals surface area contributed by atoms with Crippen LogP contribution >= 0.6 is 15.9 Å². The third-order valence-electron chi connectivity index (χ3n) is 4.28. The Labute approximate surface area is 154 Å². The molecule has 4 rings (SSSR count). The van der Waals surface area contributed by atoms with Gasteiger partial charge in [0.05, 0.1) is 12.3 Å². The van der Waals surface area contributed by atoms with E-state index in [4.69, 9.17) is 4.74 Å². The predicted molar refractivity (Wildman–Crippen MR) is 106 cm³/mol. The Hall–Kier alpha value is -2.59. The van der Waals surface area contributed by atoms with Crippen LogP contribution in [-0.4, -0.2) is 12.5 Å². The summed E-state index contributed by atoms with van der Waals surface area (Å²) in [7, 11) is 0. The van der Waals surface area contributed by atoms with Gasteiger partial charge in [0, 0.05) is 21.2 Å². The highest BCUT2D eigenvalue weighted by atomic mass is 79.9. The minimum absolute atomic E-state index is 0.0940. The molecule has 0 fully saturated rings. The number of fused-ring (bicyclic) bond motifs is 2. The Kier molecular flexibility index (Phi) is 4.06. The molecule has 0 radical (unpaired) electrons. The molecule has 1 aliphatic heterocycles. The van der Waals surface area contributed by atoms with Crippen LogP contribution in [0.5, 0.6) is 5.75 Å². The summed E-state index contributed by atoms with van der Waals surface area (Å²) in [5.41, 5.74) is 3.31. The SMILES string of the molecule is CCOc1ccc2ccccc2c1/C=C1/C(=O)Nc2cc(Br)ccc21. The minimum atomic E-state index is -0.0940. The number of rotatable bonds is 3. The van der Waals surface area contributed by atoms with E-state index in [1.807, 2.05) is 55.5 Å². The molecule has 1 N–H and O–H groups in total. The molecule has 3 aromatic carbocycles. The van der Waals surface area contributed by atoms with Crippen LogP contribution in [0.25, 0.3) is 22.4 Å². The molecule has 0 aliphatic carbocycles. The largest absolute Gasteiger partial charge is 0.493 e. The molecule has 1 aliphatic rings. The third-order valence-corrected chi connectivity index (χ3v) is 4.78. The zero-order valence-corrected chi connectivity index (χ0v) is 15.3. The van der Waals surface area contributed by atoms with Crippen molar-refractivity contribution in [2.24, 2.45) is 0 Å². The highest BCUT2D eigenvalue weighted by Gasteiger charge is 2.25. The molecule has 0 unspecified atom stereocenters. The van der Waals surface area contributed by atoms with Crippen molar-refractivity contribution in [3.63, 3.8) is 0 Å². The fourth-order valence-corrected chi connectivity index (χ4v) is 3.52. The fourth-order valence-electron chi connectivity index (χ4n) is 3.16. The summed E-state index contributed by atoms with van der Waals surface area (Å²) in [5.74, 6) is 0.690. The first-order chi connectivity index (χ1) is 12.2. The zero-order chi connectivity index (χ0) is 17.4. The lowest BCUT2D eigenvalue weighted by Gasteiger charge is -2.11. The van der Waals surface area contributed by atoms with Crippen LogP contribution in [0.4, 0.5) is 5.69 Å². The molecular formula is C21H16BrNO2. The molecule has 0 aromatic heterocycles. The van der Waals surface area contributed by atoms with E-state index < -0.39 is 0 Å². The molecule has 4 heteroatoms. The number of carbonyl (C=O) groups is 1. The van der Waals surface area contributed by atoms with E-state index in [0.717, 1.165) is 37.8 Å². The van der Waals surface area contributed by atoms with E-state index in [2.05, 4.69) is 33.4 Å². The van der Waals surface area contributed by atoms with Gasteiger partial charge in [0.25, 0.3) is 5.91 Å². The average Bonchev–Trinajstić information content (AvgIpc) is 2.91. The van der Waals surface area contributed by atoms with Crippen molar-refractivity contribution in [3.8, 4) is 5.75 Å². The minimum Gasteiger partial charge on any atom is -0.493 e. The number of halogens is 1. The molecule has 0 saturated heterocycles. The van der Waals surface area contributed by atoms with Crippen LogP contribution in [0.1, 0.15) is 18.1 Å². The lowest BCUT2D eigenvalue weighted by Crippen LogP contribution is -2.04. The third kappa shape index (κ3) is 2.83. The zero-order valence-electron chi connectivity index (χ0n) is 13.7. The average molecular weight is 394 g/mol. The number of benzene rings is 3. The van der Waals surface area contributed by atoms with Gasteiger partial charge < -0.3 is 10.1 Å². The number of amides is 1. The molecule has 0 spiro atoms. The molecule has 3 nitrogen and oxygen atoms in total. The van der Waals surface area contributed by atoms with Crippen LogP contribution in [-0.2, 0) is 4.79 Å². The number of hydrogen-bond acceptors (Lipinski definition) is 2. The Morgan fingerprint density at radius 3 is 2.80 bits per heavy atom. The molecule has 1 heterocycles. The molecule has 25 heavy (non-hydrogen) atoms. The summed E-state index contributed by atoms with van der Waals surface area (Å²) < 4.78 is 6.75. The van der Waals surface area contributed by atoms with Crippen LogP contribution in [0.2, 0.25) is 0 Å². The Bertz CT molecular complexity index is 1020. The van der Waals surface area contributed by atoms with Crippen molar-refractivity contribution in [2.75, 3.05) is 11.9 Å². The molecule has 0 atom stereocenters. The van der Waals surface area contributed by atoms with Gasteiger partial charge in [-0.2, -0.15) is 0 Å². The quantitative estimate of drug-likeness (QED) is 0.597. The number of nitrogens with one attached hydrogen (secondary N) is 1. The second-order valence-corrected chi connectivity index (χ2v) is 6.75. The number of carbonyl (C=O) groups excluding carboxylic acids is 1. The molecular weight excluding hydrogens is 378 g/mol. The van der Waals surface area contributed by atoms with Gasteiger partial charge in [-0.25, -0.2) is 0 Å². The topological polar surface area (TPSA) is 38.3 Å². The first-order valence-electron chi connectivity index (χ1n) is 8.15. The maximum atomic E-state index is 12.5. The van der Waals surface area contributed by atoms with Gasteiger partial charge in [-0.15, -0.1) is 0 Å². The maximum absolute atomic E-state index is 12.5. The van der Waals surface area contributed by atoms with E-state index in [9.17, 15) is 4.79 Å². The molecule has 1 amide bonds. The van der Waals surface area contributed by atoms with Gasteiger partial charge in [-0.3, -0.25) is 4.79 Å². The van der Waals surface area contributed by atoms with Crippen LogP contribution in [0.15, 0.2) is 59.1 Å². The van der Waals surface area contributed by atoms with E-state index >= 15 is 0 Å². The van der Waals surface area contributed by atoms with Crippen LogP contribution in [0.3, 0.4) is 0 Å². The Morgan fingerprint density at radius 1 is 1.12 bits per heavy atom. The highest BCUT2D eigenvalue weighted by Crippen LogP contribution is 2.38. The lowest BCUT2D eigenvalue weighted by atomic mass is 9.98. The van der Waals surface area contributed by atoms with Crippen molar-refractivity contribution in [2.45, 2.75) is 6.92 Å². The second kappa shape index (κ2) is 6.37. The normalized spacial score (nSPS) is 14.6. The first kappa shape index (κ1) is 15.9. The van der Waals surface area contributed by atoms with Gasteiger partial charge in [0.1, 0.15) is 5.75 Å². The Morgan fingerprint density at radius 2 is 1.96 bits per heavy atom. The van der Waals surface area contributed by atoms with Gasteiger partial charge in [0.2, 0.25) is 0 Å². The number of hydrogen-bond donors (Lipinski definition) is 1. The van der Waals surface area contributed by atoms with Gasteiger partial charge >= 0.3 is 0 Å². The van der Waals surface area contributed by atoms with Gasteiger partial charge in [-0.05, 0) is 42.0 Å². The summed E-state index contributed by atoms with van der Waals surface area (Å²) in [6, 6.07) is 17.9. The summed E-state index contributed by atoms with van der Waals surface area (Å²) >= 11 is 3.45. The molecule has 124 valence electrons. The van der Waals surface area contributed by atoms with Crippen molar-refractivity contribution >= 4 is 49.9 Å². The first-order valence-corrected chi connectivity index (χ1v) is 8.94. The molecule has 0 saturated carbocycles. The maximum Gasteiger partial charge on any atom is 0.256 e. The van der Waals surface area contributed by atoms with E-state index in [-0.39, 0.29) is 5.91 Å². The molecule has 0 bridgehead atoms. The van der Waals surface area contributed by atoms with Gasteiger partial charge in [0.15, 0.2) is 0 Å².